The third kappa shape index (κ3) is 8.55. The predicted molar refractivity (Wildman–Crippen MR) is 153 cm³/mol. The number of methoxy groups -OCH3 is 1. The largest absolute Gasteiger partial charge is 0.467 e. The zero-order valence-corrected chi connectivity index (χ0v) is 24.7. The number of Topliss-reactive ketones (excluding diaryl/α,β-unsaturated/α-hetero) is 1. The molecule has 2 aromatic rings. The number of carbonyl (C=O) groups excluding carboxylic acids is 5. The Balaban J connectivity index is 1.67. The second-order valence-corrected chi connectivity index (χ2v) is 11.5. The van der Waals surface area contributed by atoms with Crippen molar-refractivity contribution >= 4 is 40.6 Å². The Kier molecular flexibility index (Phi) is 10.9. The van der Waals surface area contributed by atoms with Gasteiger partial charge in [0.25, 0.3) is 5.91 Å². The van der Waals surface area contributed by atoms with Crippen molar-refractivity contribution in [3.8, 4) is 0 Å². The maximum Gasteiger partial charge on any atom is 0.328 e. The van der Waals surface area contributed by atoms with Gasteiger partial charge in [0, 0.05) is 11.4 Å². The first-order valence-electron chi connectivity index (χ1n) is 14.2. The molecule has 4 atom stereocenters. The fraction of sp³-hybridized carbons (Fsp3) is 0.567. The summed E-state index contributed by atoms with van der Waals surface area (Å²) in [6.07, 6.45) is 1.53. The molecular weight excluding hydrogens is 528 g/mol. The minimum absolute atomic E-state index is 0.0827. The fourth-order valence-electron chi connectivity index (χ4n) is 4.94. The van der Waals surface area contributed by atoms with Crippen LogP contribution >= 0.6 is 0 Å². The van der Waals surface area contributed by atoms with Crippen molar-refractivity contribution in [1.29, 1.82) is 0 Å². The van der Waals surface area contributed by atoms with Gasteiger partial charge in [-0.05, 0) is 56.6 Å². The number of carbonyl (C=O) groups is 5. The quantitative estimate of drug-likeness (QED) is 0.371. The Morgan fingerprint density at radius 3 is 2.29 bits per heavy atom. The predicted octanol–water partition coefficient (Wildman–Crippen LogP) is 3.41. The molecule has 41 heavy (non-hydrogen) atoms. The first kappa shape index (κ1) is 31.6. The molecule has 0 radical (unpaired) electrons. The average Bonchev–Trinajstić information content (AvgIpc) is 3.30. The standard InChI is InChI=1S/C30H42N4O7/c1-17(2)13-22(32-28(37)26-15-20-9-7-8-10-25(20)41-26)27(36)31-21-12-11-19(5)34(16-24(21)35)30(39)33-23(14-18(3)4)29(38)40-6/h7-10,15,17-19,21-23H,11-14,16H2,1-6H3,(H,31,36)(H,32,37)(H,33,39). The van der Waals surface area contributed by atoms with E-state index in [2.05, 4.69) is 16.0 Å². The van der Waals surface area contributed by atoms with Gasteiger partial charge in [-0.3, -0.25) is 14.4 Å². The second-order valence-electron chi connectivity index (χ2n) is 11.5. The third-order valence-electron chi connectivity index (χ3n) is 7.17. The third-order valence-corrected chi connectivity index (χ3v) is 7.17. The maximum atomic E-state index is 13.3. The minimum Gasteiger partial charge on any atom is -0.467 e. The van der Waals surface area contributed by atoms with E-state index in [9.17, 15) is 24.0 Å². The van der Waals surface area contributed by atoms with Crippen molar-refractivity contribution in [2.75, 3.05) is 13.7 Å². The lowest BCUT2D eigenvalue weighted by molar-refractivity contribution is -0.143. The lowest BCUT2D eigenvalue weighted by atomic mass is 10.0. The Morgan fingerprint density at radius 1 is 1.00 bits per heavy atom. The highest BCUT2D eigenvalue weighted by molar-refractivity contribution is 6.00. The molecule has 1 aromatic carbocycles. The molecule has 0 saturated carbocycles. The number of fused-ring (bicyclic) bond motifs is 1. The molecule has 3 N–H and O–H groups in total. The summed E-state index contributed by atoms with van der Waals surface area (Å²) < 4.78 is 10.5. The van der Waals surface area contributed by atoms with Gasteiger partial charge in [0.1, 0.15) is 17.7 Å². The van der Waals surface area contributed by atoms with Crippen LogP contribution in [0.5, 0.6) is 0 Å². The van der Waals surface area contributed by atoms with Gasteiger partial charge in [-0.1, -0.05) is 45.9 Å². The van der Waals surface area contributed by atoms with Crippen LogP contribution in [0.3, 0.4) is 0 Å². The van der Waals surface area contributed by atoms with Crippen LogP contribution < -0.4 is 16.0 Å². The zero-order valence-electron chi connectivity index (χ0n) is 24.7. The molecule has 1 aromatic heterocycles. The molecule has 1 fully saturated rings. The molecule has 3 rings (SSSR count). The van der Waals surface area contributed by atoms with Crippen LogP contribution in [0.4, 0.5) is 4.79 Å². The van der Waals surface area contributed by atoms with Crippen LogP contribution in [0.15, 0.2) is 34.7 Å². The van der Waals surface area contributed by atoms with Crippen molar-refractivity contribution in [2.45, 2.75) is 84.5 Å². The number of hydrogen-bond acceptors (Lipinski definition) is 7. The van der Waals surface area contributed by atoms with Crippen molar-refractivity contribution < 1.29 is 33.1 Å². The number of urea groups is 1. The zero-order chi connectivity index (χ0) is 30.3. The number of amides is 4. The average molecular weight is 571 g/mol. The van der Waals surface area contributed by atoms with Crippen LogP contribution in [-0.4, -0.2) is 72.3 Å². The number of ether oxygens (including phenoxy) is 1. The van der Waals surface area contributed by atoms with Crippen LogP contribution in [0.25, 0.3) is 11.0 Å². The molecule has 0 aliphatic carbocycles. The van der Waals surface area contributed by atoms with E-state index in [0.717, 1.165) is 5.39 Å². The number of nitrogens with zero attached hydrogens (tertiary/aromatic N) is 1. The lowest BCUT2D eigenvalue weighted by Crippen LogP contribution is -2.54. The summed E-state index contributed by atoms with van der Waals surface area (Å²) in [6.45, 7) is 9.32. The smallest absolute Gasteiger partial charge is 0.328 e. The van der Waals surface area contributed by atoms with Gasteiger partial charge in [-0.2, -0.15) is 0 Å². The summed E-state index contributed by atoms with van der Waals surface area (Å²) in [5.41, 5.74) is 0.566. The highest BCUT2D eigenvalue weighted by Gasteiger charge is 2.35. The molecule has 11 nitrogen and oxygen atoms in total. The minimum atomic E-state index is -0.888. The highest BCUT2D eigenvalue weighted by atomic mass is 16.5. The van der Waals surface area contributed by atoms with Gasteiger partial charge in [-0.15, -0.1) is 0 Å². The summed E-state index contributed by atoms with van der Waals surface area (Å²) in [5.74, 6) is -1.57. The lowest BCUT2D eigenvalue weighted by Gasteiger charge is -2.29. The van der Waals surface area contributed by atoms with Gasteiger partial charge in [0.15, 0.2) is 11.5 Å². The molecule has 11 heteroatoms. The van der Waals surface area contributed by atoms with Gasteiger partial charge < -0.3 is 30.0 Å². The van der Waals surface area contributed by atoms with Crippen LogP contribution in [0.1, 0.15) is 70.9 Å². The number of likely N-dealkylation sites (tertiary alicyclic amines) is 1. The van der Waals surface area contributed by atoms with Crippen molar-refractivity contribution in [1.82, 2.24) is 20.9 Å². The van der Waals surface area contributed by atoms with E-state index in [1.54, 1.807) is 18.2 Å². The second kappa shape index (κ2) is 14.1. The fourth-order valence-corrected chi connectivity index (χ4v) is 4.94. The number of esters is 1. The van der Waals surface area contributed by atoms with Gasteiger partial charge in [0.2, 0.25) is 5.91 Å². The van der Waals surface area contributed by atoms with E-state index < -0.39 is 41.9 Å². The Hall–Kier alpha value is -3.89. The van der Waals surface area contributed by atoms with Crippen LogP contribution in [0, 0.1) is 11.8 Å². The number of furan rings is 1. The normalized spacial score (nSPS) is 19.0. The van der Waals surface area contributed by atoms with Crippen molar-refractivity contribution in [2.24, 2.45) is 11.8 Å². The van der Waals surface area contributed by atoms with Gasteiger partial charge in [0.05, 0.1) is 19.7 Å². The molecule has 1 saturated heterocycles. The molecule has 4 unspecified atom stereocenters. The number of nitrogens with one attached hydrogen (secondary N) is 3. The highest BCUT2D eigenvalue weighted by Crippen LogP contribution is 2.20. The first-order chi connectivity index (χ1) is 19.4. The Labute approximate surface area is 240 Å². The summed E-state index contributed by atoms with van der Waals surface area (Å²) in [6, 6.07) is 5.46. The molecule has 0 spiro atoms. The summed E-state index contributed by atoms with van der Waals surface area (Å²) in [7, 11) is 1.26. The molecular formula is C30H42N4O7. The Morgan fingerprint density at radius 2 is 1.66 bits per heavy atom. The summed E-state index contributed by atoms with van der Waals surface area (Å²) in [4.78, 5) is 66.2. The van der Waals surface area contributed by atoms with Crippen molar-refractivity contribution in [3.05, 3.63) is 36.1 Å². The van der Waals surface area contributed by atoms with E-state index in [4.69, 9.17) is 9.15 Å². The summed E-state index contributed by atoms with van der Waals surface area (Å²) in [5, 5.41) is 9.05. The number of rotatable bonds is 10. The topological polar surface area (TPSA) is 147 Å². The molecule has 224 valence electrons. The van der Waals surface area contributed by atoms with E-state index in [0.29, 0.717) is 31.3 Å². The van der Waals surface area contributed by atoms with E-state index in [1.807, 2.05) is 46.8 Å². The SMILES string of the molecule is COC(=O)C(CC(C)C)NC(=O)N1CC(=O)C(NC(=O)C(CC(C)C)NC(=O)c2cc3ccccc3o2)CCC1C. The molecule has 2 heterocycles. The number of benzene rings is 1. The van der Waals surface area contributed by atoms with Crippen molar-refractivity contribution in [3.63, 3.8) is 0 Å². The number of para-hydroxylation sites is 1. The van der Waals surface area contributed by atoms with E-state index in [1.165, 1.54) is 12.0 Å². The maximum absolute atomic E-state index is 13.3. The van der Waals surface area contributed by atoms with Gasteiger partial charge >= 0.3 is 12.0 Å². The molecule has 1 aliphatic heterocycles. The van der Waals surface area contributed by atoms with E-state index in [-0.39, 0.29) is 36.0 Å². The van der Waals surface area contributed by atoms with Crippen LogP contribution in [0.2, 0.25) is 0 Å². The number of hydrogen-bond donors (Lipinski definition) is 3. The van der Waals surface area contributed by atoms with E-state index >= 15 is 0 Å². The first-order valence-corrected chi connectivity index (χ1v) is 14.2. The molecule has 4 amide bonds. The molecule has 1 aliphatic rings. The number of ketones is 1. The summed E-state index contributed by atoms with van der Waals surface area (Å²) >= 11 is 0. The van der Waals surface area contributed by atoms with Gasteiger partial charge in [-0.25, -0.2) is 9.59 Å². The Bertz CT molecular complexity index is 1220. The molecule has 0 bridgehead atoms. The monoisotopic (exact) mass is 570 g/mol. The van der Waals surface area contributed by atoms with Crippen LogP contribution in [-0.2, 0) is 19.1 Å².